The minimum Gasteiger partial charge on any atom is -0.378 e. The molecule has 1 aliphatic rings. The van der Waals surface area contributed by atoms with Crippen LogP contribution >= 0.6 is 11.6 Å². The summed E-state index contributed by atoms with van der Waals surface area (Å²) < 4.78 is 6.70. The van der Waals surface area contributed by atoms with Crippen molar-refractivity contribution in [3.05, 3.63) is 34.6 Å². The van der Waals surface area contributed by atoms with Crippen LogP contribution in [-0.2, 0) is 22.6 Å². The Bertz CT molecular complexity index is 653. The molecule has 98 valence electrons. The Hall–Kier alpha value is -1.92. The van der Waals surface area contributed by atoms with Gasteiger partial charge < -0.3 is 10.1 Å². The number of ether oxygens (including phenoxy) is 1. The maximum Gasteiger partial charge on any atom is 0.230 e. The number of fused-ring (bicyclic) bond motifs is 3. The molecule has 0 fully saturated rings. The van der Waals surface area contributed by atoms with Crippen molar-refractivity contribution >= 4 is 23.2 Å². The molecule has 2 heterocycles. The first-order valence-electron chi connectivity index (χ1n) is 5.71. The third kappa shape index (κ3) is 2.09. The van der Waals surface area contributed by atoms with E-state index in [9.17, 15) is 4.79 Å². The Balaban J connectivity index is 2.20. The van der Waals surface area contributed by atoms with Crippen molar-refractivity contribution < 1.29 is 9.53 Å². The van der Waals surface area contributed by atoms with Gasteiger partial charge in [-0.05, 0) is 18.2 Å². The van der Waals surface area contributed by atoms with Gasteiger partial charge in [0, 0.05) is 12.1 Å². The molecule has 1 aliphatic heterocycles. The van der Waals surface area contributed by atoms with Gasteiger partial charge in [-0.2, -0.15) is 0 Å². The second kappa shape index (κ2) is 4.64. The number of hydrogen-bond donors (Lipinski definition) is 1. The number of benzene rings is 1. The number of hydrogen-bond acceptors (Lipinski definition) is 4. The first-order valence-corrected chi connectivity index (χ1v) is 6.09. The third-order valence-corrected chi connectivity index (χ3v) is 3.15. The molecule has 3 rings (SSSR count). The Morgan fingerprint density at radius 3 is 3.16 bits per heavy atom. The highest BCUT2D eigenvalue weighted by Gasteiger charge is 2.23. The summed E-state index contributed by atoms with van der Waals surface area (Å²) in [7, 11) is 1.58. The quantitative estimate of drug-likeness (QED) is 0.905. The summed E-state index contributed by atoms with van der Waals surface area (Å²) in [6.07, 6.45) is 0.206. The van der Waals surface area contributed by atoms with Crippen LogP contribution in [0, 0.1) is 0 Å². The van der Waals surface area contributed by atoms with E-state index in [4.69, 9.17) is 16.3 Å². The van der Waals surface area contributed by atoms with Crippen LogP contribution < -0.4 is 5.32 Å². The van der Waals surface area contributed by atoms with Crippen molar-refractivity contribution in [1.29, 1.82) is 0 Å². The van der Waals surface area contributed by atoms with Crippen LogP contribution in [0.4, 0.5) is 5.69 Å². The Morgan fingerprint density at radius 1 is 1.53 bits per heavy atom. The Labute approximate surface area is 114 Å². The van der Waals surface area contributed by atoms with Gasteiger partial charge in [0.1, 0.15) is 5.69 Å². The van der Waals surface area contributed by atoms with E-state index in [2.05, 4.69) is 15.6 Å². The number of anilines is 1. The lowest BCUT2D eigenvalue weighted by molar-refractivity contribution is -0.115. The number of carbonyl (C=O) groups is 1. The smallest absolute Gasteiger partial charge is 0.230 e. The standard InChI is InChI=1S/C12H11ClN4O2/c1-19-6-9-11-5-12(18)14-8-3-2-7(13)4-10(8)17(11)16-15-9/h2-4H,5-6H2,1H3,(H,14,18). The lowest BCUT2D eigenvalue weighted by Gasteiger charge is -2.07. The fourth-order valence-electron chi connectivity index (χ4n) is 2.08. The molecule has 0 saturated carbocycles. The van der Waals surface area contributed by atoms with Crippen LogP contribution in [0.25, 0.3) is 5.69 Å². The maximum atomic E-state index is 11.9. The van der Waals surface area contributed by atoms with Gasteiger partial charge >= 0.3 is 0 Å². The van der Waals surface area contributed by atoms with Crippen molar-refractivity contribution in [3.8, 4) is 5.69 Å². The molecule has 1 amide bonds. The fourth-order valence-corrected chi connectivity index (χ4v) is 2.25. The summed E-state index contributed by atoms with van der Waals surface area (Å²) in [6.45, 7) is 0.318. The molecule has 0 saturated heterocycles. The van der Waals surface area contributed by atoms with Crippen molar-refractivity contribution in [3.63, 3.8) is 0 Å². The summed E-state index contributed by atoms with van der Waals surface area (Å²) in [5.41, 5.74) is 2.76. The number of rotatable bonds is 2. The molecule has 0 aliphatic carbocycles. The molecular weight excluding hydrogens is 268 g/mol. The van der Waals surface area contributed by atoms with Gasteiger partial charge in [0.15, 0.2) is 0 Å². The predicted molar refractivity (Wildman–Crippen MR) is 69.4 cm³/mol. The zero-order valence-corrected chi connectivity index (χ0v) is 10.9. The fraction of sp³-hybridized carbons (Fsp3) is 0.250. The van der Waals surface area contributed by atoms with Gasteiger partial charge in [-0.3, -0.25) is 4.79 Å². The second-order valence-corrected chi connectivity index (χ2v) is 4.65. The van der Waals surface area contributed by atoms with Crippen molar-refractivity contribution in [1.82, 2.24) is 15.0 Å². The molecule has 1 aromatic heterocycles. The van der Waals surface area contributed by atoms with E-state index in [0.717, 1.165) is 5.69 Å². The largest absolute Gasteiger partial charge is 0.378 e. The molecule has 1 N–H and O–H groups in total. The summed E-state index contributed by atoms with van der Waals surface area (Å²) in [5, 5.41) is 11.5. The third-order valence-electron chi connectivity index (χ3n) is 2.91. The molecule has 0 atom stereocenters. The van der Waals surface area contributed by atoms with Gasteiger partial charge in [-0.15, -0.1) is 5.10 Å². The van der Waals surface area contributed by atoms with Crippen LogP contribution in [0.1, 0.15) is 11.4 Å². The molecule has 19 heavy (non-hydrogen) atoms. The topological polar surface area (TPSA) is 69.0 Å². The predicted octanol–water partition coefficient (Wildman–Crippen LogP) is 1.56. The molecule has 0 bridgehead atoms. The van der Waals surface area contributed by atoms with Gasteiger partial charge in [0.05, 0.1) is 30.1 Å². The summed E-state index contributed by atoms with van der Waals surface area (Å²) in [6, 6.07) is 5.22. The molecular formula is C12H11ClN4O2. The van der Waals surface area contributed by atoms with Crippen molar-refractivity contribution in [2.45, 2.75) is 13.0 Å². The molecule has 6 nitrogen and oxygen atoms in total. The molecule has 2 aromatic rings. The van der Waals surface area contributed by atoms with E-state index in [1.165, 1.54) is 0 Å². The minimum absolute atomic E-state index is 0.109. The van der Waals surface area contributed by atoms with Crippen LogP contribution in [0.5, 0.6) is 0 Å². The second-order valence-electron chi connectivity index (χ2n) is 4.21. The summed E-state index contributed by atoms with van der Waals surface area (Å²) in [4.78, 5) is 11.9. The molecule has 1 aromatic carbocycles. The van der Waals surface area contributed by atoms with E-state index in [-0.39, 0.29) is 12.3 Å². The van der Waals surface area contributed by atoms with Crippen LogP contribution in [0.15, 0.2) is 18.2 Å². The number of halogens is 1. The molecule has 0 unspecified atom stereocenters. The highest BCUT2D eigenvalue weighted by atomic mass is 35.5. The van der Waals surface area contributed by atoms with Crippen LogP contribution in [-0.4, -0.2) is 28.0 Å². The minimum atomic E-state index is -0.109. The molecule has 0 radical (unpaired) electrons. The highest BCUT2D eigenvalue weighted by molar-refractivity contribution is 6.31. The molecule has 0 spiro atoms. The average Bonchev–Trinajstić information content (AvgIpc) is 2.69. The lowest BCUT2D eigenvalue weighted by atomic mass is 10.2. The van der Waals surface area contributed by atoms with E-state index < -0.39 is 0 Å². The van der Waals surface area contributed by atoms with Gasteiger partial charge in [0.25, 0.3) is 0 Å². The Kier molecular flexibility index (Phi) is 2.96. The number of nitrogens with zero attached hydrogens (tertiary/aromatic N) is 3. The van der Waals surface area contributed by atoms with E-state index >= 15 is 0 Å². The van der Waals surface area contributed by atoms with E-state index in [1.54, 1.807) is 30.0 Å². The SMILES string of the molecule is COCc1nnn2c1CC(=O)Nc1ccc(Cl)cc1-2. The summed E-state index contributed by atoms with van der Waals surface area (Å²) in [5.74, 6) is -0.109. The Morgan fingerprint density at radius 2 is 2.37 bits per heavy atom. The number of carbonyl (C=O) groups excluding carboxylic acids is 1. The van der Waals surface area contributed by atoms with Crippen LogP contribution in [0.3, 0.4) is 0 Å². The summed E-state index contributed by atoms with van der Waals surface area (Å²) >= 11 is 6.00. The first-order chi connectivity index (χ1) is 9.19. The van der Waals surface area contributed by atoms with Gasteiger partial charge in [-0.25, -0.2) is 4.68 Å². The zero-order valence-electron chi connectivity index (χ0n) is 10.2. The first kappa shape index (κ1) is 12.1. The van der Waals surface area contributed by atoms with E-state index in [0.29, 0.717) is 28.7 Å². The average molecular weight is 279 g/mol. The molecule has 7 heteroatoms. The van der Waals surface area contributed by atoms with E-state index in [1.807, 2.05) is 0 Å². The van der Waals surface area contributed by atoms with Gasteiger partial charge in [-0.1, -0.05) is 16.8 Å². The lowest BCUT2D eigenvalue weighted by Crippen LogP contribution is -2.13. The number of methoxy groups -OCH3 is 1. The van der Waals surface area contributed by atoms with Crippen molar-refractivity contribution in [2.24, 2.45) is 0 Å². The number of aromatic nitrogens is 3. The monoisotopic (exact) mass is 278 g/mol. The normalized spacial score (nSPS) is 13.5. The van der Waals surface area contributed by atoms with Gasteiger partial charge in [0.2, 0.25) is 5.91 Å². The number of nitrogens with one attached hydrogen (secondary N) is 1. The number of amides is 1. The van der Waals surface area contributed by atoms with Crippen LogP contribution in [0.2, 0.25) is 5.02 Å². The van der Waals surface area contributed by atoms with Crippen molar-refractivity contribution in [2.75, 3.05) is 12.4 Å². The zero-order chi connectivity index (χ0) is 13.4. The highest BCUT2D eigenvalue weighted by Crippen LogP contribution is 2.28. The maximum absolute atomic E-state index is 11.9.